The molecule has 7 nitrogen and oxygen atoms in total. The van der Waals surface area contributed by atoms with E-state index in [2.05, 4.69) is 22.4 Å². The quantitative estimate of drug-likeness (QED) is 0.513. The normalized spacial score (nSPS) is 11.6. The van der Waals surface area contributed by atoms with E-state index in [0.717, 1.165) is 32.6 Å². The number of nitrogens with one attached hydrogen (secondary N) is 1. The van der Waals surface area contributed by atoms with Crippen LogP contribution in [-0.2, 0) is 21.4 Å². The Hall–Kier alpha value is -1.49. The number of hydrogen-bond acceptors (Lipinski definition) is 7. The lowest BCUT2D eigenvalue weighted by Crippen LogP contribution is -2.36. The number of thioether (sulfide) groups is 1. The predicted octanol–water partition coefficient (Wildman–Crippen LogP) is 2.44. The molecule has 0 aliphatic carbocycles. The van der Waals surface area contributed by atoms with Crippen molar-refractivity contribution < 1.29 is 13.2 Å². The lowest BCUT2D eigenvalue weighted by molar-refractivity contribution is -0.116. The SMILES string of the molecule is CCCSc1nnc(NC(=O)CN(Cc2ccccc2)S(C)(=O)=O)s1. The molecule has 136 valence electrons. The van der Waals surface area contributed by atoms with Crippen molar-refractivity contribution in [1.29, 1.82) is 0 Å². The van der Waals surface area contributed by atoms with Gasteiger partial charge >= 0.3 is 0 Å². The van der Waals surface area contributed by atoms with Crippen molar-refractivity contribution in [3.8, 4) is 0 Å². The van der Waals surface area contributed by atoms with Crippen LogP contribution in [0.5, 0.6) is 0 Å². The van der Waals surface area contributed by atoms with E-state index in [-0.39, 0.29) is 13.1 Å². The minimum atomic E-state index is -3.52. The van der Waals surface area contributed by atoms with Gasteiger partial charge in [-0.05, 0) is 12.0 Å². The van der Waals surface area contributed by atoms with Crippen LogP contribution in [0.3, 0.4) is 0 Å². The number of anilines is 1. The number of aromatic nitrogens is 2. The van der Waals surface area contributed by atoms with Gasteiger partial charge in [-0.1, -0.05) is 60.4 Å². The van der Waals surface area contributed by atoms with Gasteiger partial charge < -0.3 is 0 Å². The fourth-order valence-corrected chi connectivity index (χ4v) is 4.33. The molecule has 1 N–H and O–H groups in total. The molecule has 25 heavy (non-hydrogen) atoms. The molecule has 1 aromatic heterocycles. The summed E-state index contributed by atoms with van der Waals surface area (Å²) in [6.07, 6.45) is 2.11. The molecule has 1 amide bonds. The lowest BCUT2D eigenvalue weighted by atomic mass is 10.2. The second-order valence-electron chi connectivity index (χ2n) is 5.29. The van der Waals surface area contributed by atoms with E-state index in [9.17, 15) is 13.2 Å². The highest BCUT2D eigenvalue weighted by molar-refractivity contribution is 8.01. The molecule has 0 radical (unpaired) electrons. The second kappa shape index (κ2) is 9.27. The molecular weight excluding hydrogens is 380 g/mol. The molecule has 0 atom stereocenters. The van der Waals surface area contributed by atoms with Crippen molar-refractivity contribution in [3.05, 3.63) is 35.9 Å². The molecule has 0 fully saturated rings. The van der Waals surface area contributed by atoms with Crippen molar-refractivity contribution in [3.63, 3.8) is 0 Å². The van der Waals surface area contributed by atoms with E-state index in [1.807, 2.05) is 30.3 Å². The molecule has 1 aromatic carbocycles. The first-order valence-electron chi connectivity index (χ1n) is 7.63. The zero-order valence-corrected chi connectivity index (χ0v) is 16.5. The van der Waals surface area contributed by atoms with Crippen LogP contribution in [0.4, 0.5) is 5.13 Å². The van der Waals surface area contributed by atoms with Crippen LogP contribution in [0, 0.1) is 0 Å². The topological polar surface area (TPSA) is 92.3 Å². The summed E-state index contributed by atoms with van der Waals surface area (Å²) in [5, 5.41) is 10.9. The number of nitrogens with zero attached hydrogens (tertiary/aromatic N) is 3. The van der Waals surface area contributed by atoms with Gasteiger partial charge in [-0.15, -0.1) is 10.2 Å². The molecule has 0 bridgehead atoms. The number of carbonyl (C=O) groups is 1. The second-order valence-corrected chi connectivity index (χ2v) is 9.59. The molecule has 0 aliphatic rings. The number of carbonyl (C=O) groups excluding carboxylic acids is 1. The largest absolute Gasteiger partial charge is 0.299 e. The van der Waals surface area contributed by atoms with Gasteiger partial charge in [0.2, 0.25) is 21.1 Å². The monoisotopic (exact) mass is 400 g/mol. The zero-order valence-electron chi connectivity index (χ0n) is 14.0. The molecule has 0 unspecified atom stereocenters. The molecule has 0 saturated carbocycles. The third kappa shape index (κ3) is 6.73. The summed E-state index contributed by atoms with van der Waals surface area (Å²) in [7, 11) is -3.52. The van der Waals surface area contributed by atoms with Gasteiger partial charge in [0.25, 0.3) is 0 Å². The number of benzene rings is 1. The lowest BCUT2D eigenvalue weighted by Gasteiger charge is -2.19. The van der Waals surface area contributed by atoms with Gasteiger partial charge in [0.15, 0.2) is 4.34 Å². The predicted molar refractivity (Wildman–Crippen MR) is 101 cm³/mol. The summed E-state index contributed by atoms with van der Waals surface area (Å²) in [4.78, 5) is 12.2. The van der Waals surface area contributed by atoms with E-state index in [4.69, 9.17) is 0 Å². The van der Waals surface area contributed by atoms with Crippen LogP contribution in [0.1, 0.15) is 18.9 Å². The van der Waals surface area contributed by atoms with Crippen LogP contribution >= 0.6 is 23.1 Å². The van der Waals surface area contributed by atoms with Gasteiger partial charge in [0, 0.05) is 12.3 Å². The molecule has 10 heteroatoms. The summed E-state index contributed by atoms with van der Waals surface area (Å²) in [5.74, 6) is 0.492. The number of rotatable bonds is 9. The first-order valence-corrected chi connectivity index (χ1v) is 11.3. The summed E-state index contributed by atoms with van der Waals surface area (Å²) >= 11 is 2.86. The van der Waals surface area contributed by atoms with E-state index in [0.29, 0.717) is 5.13 Å². The molecule has 0 saturated heterocycles. The minimum Gasteiger partial charge on any atom is -0.299 e. The van der Waals surface area contributed by atoms with Crippen LogP contribution in [0.2, 0.25) is 0 Å². The Kier molecular flexibility index (Phi) is 7.36. The Balaban J connectivity index is 1.98. The molecular formula is C15H20N4O3S3. The molecule has 0 aliphatic heterocycles. The minimum absolute atomic E-state index is 0.140. The van der Waals surface area contributed by atoms with Gasteiger partial charge in [0.05, 0.1) is 12.8 Å². The van der Waals surface area contributed by atoms with E-state index in [1.165, 1.54) is 11.3 Å². The highest BCUT2D eigenvalue weighted by Crippen LogP contribution is 2.25. The third-order valence-electron chi connectivity index (χ3n) is 3.07. The van der Waals surface area contributed by atoms with Gasteiger partial charge in [-0.2, -0.15) is 4.31 Å². The van der Waals surface area contributed by atoms with Gasteiger partial charge in [-0.3, -0.25) is 10.1 Å². The Bertz CT molecular complexity index is 793. The zero-order chi connectivity index (χ0) is 18.3. The highest BCUT2D eigenvalue weighted by atomic mass is 32.2. The fraction of sp³-hybridized carbons (Fsp3) is 0.400. The van der Waals surface area contributed by atoms with E-state index < -0.39 is 15.9 Å². The van der Waals surface area contributed by atoms with E-state index >= 15 is 0 Å². The van der Waals surface area contributed by atoms with Gasteiger partial charge in [-0.25, -0.2) is 8.42 Å². The van der Waals surface area contributed by atoms with Crippen molar-refractivity contribution in [1.82, 2.24) is 14.5 Å². The molecule has 0 spiro atoms. The van der Waals surface area contributed by atoms with E-state index in [1.54, 1.807) is 11.8 Å². The molecule has 2 rings (SSSR count). The van der Waals surface area contributed by atoms with Crippen LogP contribution < -0.4 is 5.32 Å². The van der Waals surface area contributed by atoms with Crippen LogP contribution in [0.25, 0.3) is 0 Å². The highest BCUT2D eigenvalue weighted by Gasteiger charge is 2.21. The van der Waals surface area contributed by atoms with Crippen molar-refractivity contribution in [2.75, 3.05) is 23.9 Å². The van der Waals surface area contributed by atoms with Crippen LogP contribution in [0.15, 0.2) is 34.7 Å². The summed E-state index contributed by atoms with van der Waals surface area (Å²) in [6, 6.07) is 9.14. The van der Waals surface area contributed by atoms with Crippen molar-refractivity contribution in [2.45, 2.75) is 24.2 Å². The standard InChI is InChI=1S/C15H20N4O3S3/c1-3-9-23-15-18-17-14(24-15)16-13(20)11-19(25(2,21)22)10-12-7-5-4-6-8-12/h4-8H,3,9-11H2,1-2H3,(H,16,17,20). The summed E-state index contributed by atoms with van der Waals surface area (Å²) < 4.78 is 25.8. The molecule has 1 heterocycles. The Morgan fingerprint density at radius 2 is 2.00 bits per heavy atom. The molecule has 2 aromatic rings. The average Bonchev–Trinajstić information content (AvgIpc) is 2.99. The van der Waals surface area contributed by atoms with Crippen molar-refractivity contribution >= 4 is 44.2 Å². The maximum absolute atomic E-state index is 12.2. The fourth-order valence-electron chi connectivity index (χ4n) is 1.90. The Labute approximate surface area is 155 Å². The third-order valence-corrected chi connectivity index (χ3v) is 6.45. The van der Waals surface area contributed by atoms with Crippen LogP contribution in [-0.4, -0.2) is 47.4 Å². The Morgan fingerprint density at radius 1 is 1.28 bits per heavy atom. The number of sulfonamides is 1. The Morgan fingerprint density at radius 3 is 2.64 bits per heavy atom. The number of hydrogen-bond donors (Lipinski definition) is 1. The average molecular weight is 401 g/mol. The van der Waals surface area contributed by atoms with Crippen molar-refractivity contribution in [2.24, 2.45) is 0 Å². The van der Waals surface area contributed by atoms with Gasteiger partial charge in [0.1, 0.15) is 0 Å². The smallest absolute Gasteiger partial charge is 0.241 e. The maximum atomic E-state index is 12.2. The first kappa shape index (κ1) is 19.8. The maximum Gasteiger partial charge on any atom is 0.241 e. The first-order chi connectivity index (χ1) is 11.9. The summed E-state index contributed by atoms with van der Waals surface area (Å²) in [5.41, 5.74) is 0.815. The number of amides is 1. The summed E-state index contributed by atoms with van der Waals surface area (Å²) in [6.45, 7) is 1.94.